The highest BCUT2D eigenvalue weighted by molar-refractivity contribution is 8.00. The third kappa shape index (κ3) is 4.19. The van der Waals surface area contributed by atoms with Crippen LogP contribution in [0.25, 0.3) is 0 Å². The summed E-state index contributed by atoms with van der Waals surface area (Å²) < 4.78 is 5.42. The topological polar surface area (TPSA) is 68.0 Å². The molecule has 0 saturated carbocycles. The van der Waals surface area contributed by atoms with Gasteiger partial charge in [-0.25, -0.2) is 0 Å². The second-order valence-corrected chi connectivity index (χ2v) is 6.49. The molecule has 0 aliphatic rings. The third-order valence-electron chi connectivity index (χ3n) is 2.73. The van der Waals surface area contributed by atoms with Crippen molar-refractivity contribution in [3.63, 3.8) is 0 Å². The van der Waals surface area contributed by atoms with Gasteiger partial charge in [0.2, 0.25) is 11.8 Å². The molecule has 0 radical (unpaired) electrons. The van der Waals surface area contributed by atoms with Crippen LogP contribution < -0.4 is 5.32 Å². The van der Waals surface area contributed by atoms with Crippen LogP contribution in [0.1, 0.15) is 10.8 Å². The zero-order valence-electron chi connectivity index (χ0n) is 11.6. The first kappa shape index (κ1) is 14.8. The number of nitrogens with one attached hydrogen (secondary N) is 1. The van der Waals surface area contributed by atoms with E-state index < -0.39 is 0 Å². The lowest BCUT2D eigenvalue weighted by Crippen LogP contribution is -2.14. The minimum atomic E-state index is -0.167. The number of benzene rings is 1. The zero-order chi connectivity index (χ0) is 15.2. The molecule has 7 heteroatoms. The van der Waals surface area contributed by atoms with Crippen LogP contribution in [0.2, 0.25) is 0 Å². The van der Waals surface area contributed by atoms with Crippen molar-refractivity contribution < 1.29 is 9.21 Å². The van der Waals surface area contributed by atoms with E-state index in [2.05, 4.69) is 15.5 Å². The summed E-state index contributed by atoms with van der Waals surface area (Å²) in [6.45, 7) is 0. The summed E-state index contributed by atoms with van der Waals surface area (Å²) in [6, 6.07) is 13.9. The first-order valence-corrected chi connectivity index (χ1v) is 8.48. The van der Waals surface area contributed by atoms with Gasteiger partial charge in [0.25, 0.3) is 0 Å². The molecule has 112 valence electrons. The molecule has 0 bridgehead atoms. The van der Waals surface area contributed by atoms with Crippen molar-refractivity contribution in [2.24, 2.45) is 0 Å². The van der Waals surface area contributed by atoms with Crippen LogP contribution in [-0.4, -0.2) is 21.9 Å². The van der Waals surface area contributed by atoms with Crippen molar-refractivity contribution in [1.29, 1.82) is 0 Å². The van der Waals surface area contributed by atoms with Crippen molar-refractivity contribution in [1.82, 2.24) is 10.2 Å². The zero-order valence-corrected chi connectivity index (χ0v) is 13.2. The number of aromatic nitrogens is 2. The van der Waals surface area contributed by atoms with Crippen molar-refractivity contribution in [3.05, 3.63) is 58.6 Å². The van der Waals surface area contributed by atoms with Crippen molar-refractivity contribution in [2.75, 3.05) is 11.1 Å². The van der Waals surface area contributed by atoms with Crippen LogP contribution in [0, 0.1) is 0 Å². The summed E-state index contributed by atoms with van der Waals surface area (Å²) in [5, 5.41) is 12.4. The lowest BCUT2D eigenvalue weighted by molar-refractivity contribution is -0.113. The van der Waals surface area contributed by atoms with Gasteiger partial charge >= 0.3 is 6.01 Å². The fourth-order valence-electron chi connectivity index (χ4n) is 1.76. The molecule has 3 aromatic rings. The highest BCUT2D eigenvalue weighted by Gasteiger charge is 2.11. The van der Waals surface area contributed by atoms with Gasteiger partial charge in [-0.3, -0.25) is 10.1 Å². The largest absolute Gasteiger partial charge is 0.407 e. The fraction of sp³-hybridized carbons (Fsp3) is 0.133. The average Bonchev–Trinajstić information content (AvgIpc) is 3.19. The van der Waals surface area contributed by atoms with Crippen molar-refractivity contribution in [2.45, 2.75) is 11.3 Å². The number of rotatable bonds is 6. The van der Waals surface area contributed by atoms with E-state index >= 15 is 0 Å². The predicted molar refractivity (Wildman–Crippen MR) is 87.2 cm³/mol. The molecule has 2 heterocycles. The van der Waals surface area contributed by atoms with E-state index in [9.17, 15) is 4.79 Å². The first-order valence-electron chi connectivity index (χ1n) is 6.62. The summed E-state index contributed by atoms with van der Waals surface area (Å²) >= 11 is 3.09. The van der Waals surface area contributed by atoms with Gasteiger partial charge in [0.05, 0.1) is 12.2 Å². The Kier molecular flexibility index (Phi) is 4.87. The van der Waals surface area contributed by atoms with Gasteiger partial charge in [0.1, 0.15) is 0 Å². The normalized spacial score (nSPS) is 10.5. The summed E-state index contributed by atoms with van der Waals surface area (Å²) in [5.74, 6) is 0.626. The summed E-state index contributed by atoms with van der Waals surface area (Å²) in [7, 11) is 0. The number of anilines is 1. The van der Waals surface area contributed by atoms with Gasteiger partial charge in [-0.05, 0) is 23.6 Å². The number of hydrogen-bond acceptors (Lipinski definition) is 6. The van der Waals surface area contributed by atoms with Gasteiger partial charge in [-0.1, -0.05) is 29.4 Å². The molecule has 0 aliphatic heterocycles. The molecule has 22 heavy (non-hydrogen) atoms. The maximum absolute atomic E-state index is 11.9. The van der Waals surface area contributed by atoms with E-state index in [1.54, 1.807) is 11.3 Å². The van der Waals surface area contributed by atoms with E-state index in [1.807, 2.05) is 47.8 Å². The molecule has 0 fully saturated rings. The molecule has 1 N–H and O–H groups in total. The Bertz CT molecular complexity index is 726. The van der Waals surface area contributed by atoms with Crippen molar-refractivity contribution in [3.8, 4) is 0 Å². The summed E-state index contributed by atoms with van der Waals surface area (Å²) in [4.78, 5) is 14.0. The number of carbonyl (C=O) groups is 1. The SMILES string of the molecule is O=C(CSc1ccccc1)Nc1nnc(Cc2cccs2)o1. The molecule has 2 aromatic heterocycles. The molecule has 5 nitrogen and oxygen atoms in total. The number of amides is 1. The van der Waals surface area contributed by atoms with Crippen LogP contribution in [-0.2, 0) is 11.2 Å². The number of hydrogen-bond donors (Lipinski definition) is 1. The number of thiophene rings is 1. The average molecular weight is 331 g/mol. The Morgan fingerprint density at radius 2 is 2.05 bits per heavy atom. The molecule has 3 rings (SSSR count). The first-order chi connectivity index (χ1) is 10.8. The third-order valence-corrected chi connectivity index (χ3v) is 4.62. The summed E-state index contributed by atoms with van der Waals surface area (Å²) in [6.07, 6.45) is 0.583. The highest BCUT2D eigenvalue weighted by atomic mass is 32.2. The van der Waals surface area contributed by atoms with E-state index in [1.165, 1.54) is 11.8 Å². The van der Waals surface area contributed by atoms with Crippen molar-refractivity contribution >= 4 is 35.0 Å². The maximum Gasteiger partial charge on any atom is 0.322 e. The minimum Gasteiger partial charge on any atom is -0.407 e. The fourth-order valence-corrected chi connectivity index (χ4v) is 3.17. The molecule has 0 atom stereocenters. The van der Waals surface area contributed by atoms with Gasteiger partial charge in [-0.15, -0.1) is 28.2 Å². The molecule has 0 unspecified atom stereocenters. The van der Waals surface area contributed by atoms with E-state index in [0.717, 1.165) is 9.77 Å². The predicted octanol–water partition coefficient (Wildman–Crippen LogP) is 3.45. The molecule has 0 saturated heterocycles. The van der Waals surface area contributed by atoms with Crippen LogP contribution in [0.15, 0.2) is 57.2 Å². The standard InChI is InChI=1S/C15H13N3O2S2/c19-13(10-22-11-5-2-1-3-6-11)16-15-18-17-14(20-15)9-12-7-4-8-21-12/h1-8H,9-10H2,(H,16,18,19). The van der Waals surface area contributed by atoms with E-state index in [-0.39, 0.29) is 11.9 Å². The van der Waals surface area contributed by atoms with Crippen LogP contribution >= 0.6 is 23.1 Å². The molecule has 1 amide bonds. The van der Waals surface area contributed by atoms with Gasteiger partial charge in [0, 0.05) is 9.77 Å². The minimum absolute atomic E-state index is 0.144. The van der Waals surface area contributed by atoms with Crippen LogP contribution in [0.5, 0.6) is 0 Å². The highest BCUT2D eigenvalue weighted by Crippen LogP contribution is 2.18. The second kappa shape index (κ2) is 7.24. The summed E-state index contributed by atoms with van der Waals surface area (Å²) in [5.41, 5.74) is 0. The smallest absolute Gasteiger partial charge is 0.322 e. The number of nitrogens with zero attached hydrogens (tertiary/aromatic N) is 2. The Balaban J connectivity index is 1.50. The number of thioether (sulfide) groups is 1. The quantitative estimate of drug-likeness (QED) is 0.701. The lowest BCUT2D eigenvalue weighted by atomic mass is 10.3. The number of carbonyl (C=O) groups excluding carboxylic acids is 1. The van der Waals surface area contributed by atoms with Gasteiger partial charge in [-0.2, -0.15) is 0 Å². The molecule has 1 aromatic carbocycles. The Hall–Kier alpha value is -2.12. The van der Waals surface area contributed by atoms with E-state index in [4.69, 9.17) is 4.42 Å². The van der Waals surface area contributed by atoms with Crippen LogP contribution in [0.3, 0.4) is 0 Å². The molecule has 0 aliphatic carbocycles. The Morgan fingerprint density at radius 1 is 1.18 bits per heavy atom. The maximum atomic E-state index is 11.9. The molecular formula is C15H13N3O2S2. The van der Waals surface area contributed by atoms with E-state index in [0.29, 0.717) is 18.1 Å². The Labute approximate surface area is 135 Å². The monoisotopic (exact) mass is 331 g/mol. The lowest BCUT2D eigenvalue weighted by Gasteiger charge is -2.00. The Morgan fingerprint density at radius 3 is 2.82 bits per heavy atom. The van der Waals surface area contributed by atoms with Crippen LogP contribution in [0.4, 0.5) is 6.01 Å². The molecule has 0 spiro atoms. The van der Waals surface area contributed by atoms with Gasteiger partial charge in [0.15, 0.2) is 0 Å². The van der Waals surface area contributed by atoms with Gasteiger partial charge < -0.3 is 4.42 Å². The molecular weight excluding hydrogens is 318 g/mol. The second-order valence-electron chi connectivity index (χ2n) is 4.41.